The molecule has 1 heterocycles. The van der Waals surface area contributed by atoms with E-state index in [1.54, 1.807) is 12.1 Å². The molecule has 1 amide bonds. The van der Waals surface area contributed by atoms with E-state index in [-0.39, 0.29) is 24.3 Å². The van der Waals surface area contributed by atoms with Gasteiger partial charge in [-0.3, -0.25) is 4.79 Å². The molecule has 5 nitrogen and oxygen atoms in total. The molecule has 3 rings (SSSR count). The summed E-state index contributed by atoms with van der Waals surface area (Å²) in [5.74, 6) is 1.04. The van der Waals surface area contributed by atoms with E-state index in [4.69, 9.17) is 9.47 Å². The van der Waals surface area contributed by atoms with Crippen molar-refractivity contribution in [2.45, 2.75) is 38.6 Å². The number of hydrogen-bond donors (Lipinski definition) is 1. The fourth-order valence-electron chi connectivity index (χ4n) is 2.85. The number of amides is 1. The summed E-state index contributed by atoms with van der Waals surface area (Å²) in [6, 6.07) is 5.86. The molecule has 0 aromatic heterocycles. The molecule has 0 radical (unpaired) electrons. The number of hydrogen-bond acceptors (Lipinski definition) is 4. The molecule has 1 aromatic rings. The third kappa shape index (κ3) is 2.91. The Kier molecular flexibility index (Phi) is 4.01. The number of aryl methyl sites for hydroxylation is 1. The van der Waals surface area contributed by atoms with Crippen LogP contribution in [0.1, 0.15) is 36.8 Å². The fourth-order valence-corrected chi connectivity index (χ4v) is 2.85. The van der Waals surface area contributed by atoms with E-state index in [1.165, 1.54) is 0 Å². The van der Waals surface area contributed by atoms with E-state index in [2.05, 4.69) is 5.32 Å². The Morgan fingerprint density at radius 3 is 2.68 bits per heavy atom. The van der Waals surface area contributed by atoms with Crippen LogP contribution in [0.2, 0.25) is 0 Å². The van der Waals surface area contributed by atoms with Crippen LogP contribution in [0.5, 0.6) is 11.5 Å². The number of carbonyl (C=O) groups is 1. The maximum absolute atomic E-state index is 12.2. The Balaban J connectivity index is 1.82. The van der Waals surface area contributed by atoms with Gasteiger partial charge in [0, 0.05) is 6.04 Å². The number of ether oxygens (including phenoxy) is 2. The lowest BCUT2D eigenvalue weighted by molar-refractivity contribution is -0.117. The number of nitrogens with one attached hydrogen (secondary N) is 1. The van der Waals surface area contributed by atoms with Crippen molar-refractivity contribution in [1.82, 2.24) is 5.32 Å². The quantitative estimate of drug-likeness (QED) is 0.688. The minimum absolute atomic E-state index is 0.119. The molecule has 0 unspecified atom stereocenters. The minimum Gasteiger partial charge on any atom is -0.454 e. The van der Waals surface area contributed by atoms with Gasteiger partial charge >= 0.3 is 0 Å². The Bertz CT molecular complexity index is 667. The fraction of sp³-hybridized carbons (Fsp3) is 0.412. The molecule has 1 aromatic carbocycles. The van der Waals surface area contributed by atoms with E-state index >= 15 is 0 Å². The van der Waals surface area contributed by atoms with Crippen molar-refractivity contribution in [2.24, 2.45) is 0 Å². The van der Waals surface area contributed by atoms with Crippen LogP contribution in [0.4, 0.5) is 0 Å². The predicted octanol–water partition coefficient (Wildman–Crippen LogP) is 2.69. The lowest BCUT2D eigenvalue weighted by Gasteiger charge is -2.11. The van der Waals surface area contributed by atoms with Gasteiger partial charge in [-0.2, -0.15) is 5.26 Å². The Hall–Kier alpha value is -2.48. The van der Waals surface area contributed by atoms with Crippen molar-refractivity contribution in [2.75, 3.05) is 6.79 Å². The van der Waals surface area contributed by atoms with Crippen LogP contribution in [-0.2, 0) is 4.79 Å². The molecule has 1 fully saturated rings. The summed E-state index contributed by atoms with van der Waals surface area (Å²) in [6.07, 6.45) is 5.87. The van der Waals surface area contributed by atoms with Gasteiger partial charge in [0.1, 0.15) is 11.6 Å². The van der Waals surface area contributed by atoms with Crippen LogP contribution in [0.3, 0.4) is 0 Å². The van der Waals surface area contributed by atoms with Crippen LogP contribution in [0, 0.1) is 18.3 Å². The molecule has 2 aliphatic rings. The van der Waals surface area contributed by atoms with Crippen LogP contribution in [0.25, 0.3) is 6.08 Å². The van der Waals surface area contributed by atoms with Gasteiger partial charge < -0.3 is 14.8 Å². The normalized spacial score (nSPS) is 17.4. The largest absolute Gasteiger partial charge is 0.454 e. The first-order chi connectivity index (χ1) is 10.7. The monoisotopic (exact) mass is 298 g/mol. The second kappa shape index (κ2) is 6.10. The molecule has 0 saturated heterocycles. The van der Waals surface area contributed by atoms with Crippen molar-refractivity contribution in [3.63, 3.8) is 0 Å². The topological polar surface area (TPSA) is 71.4 Å². The van der Waals surface area contributed by atoms with Gasteiger partial charge in [-0.05, 0) is 49.1 Å². The van der Waals surface area contributed by atoms with Gasteiger partial charge in [-0.15, -0.1) is 0 Å². The molecule has 1 aliphatic heterocycles. The van der Waals surface area contributed by atoms with E-state index in [0.29, 0.717) is 11.5 Å². The molecule has 1 N–H and O–H groups in total. The van der Waals surface area contributed by atoms with Gasteiger partial charge in [-0.1, -0.05) is 12.8 Å². The molecule has 1 saturated carbocycles. The Morgan fingerprint density at radius 1 is 1.32 bits per heavy atom. The summed E-state index contributed by atoms with van der Waals surface area (Å²) in [4.78, 5) is 12.2. The maximum atomic E-state index is 12.2. The average molecular weight is 298 g/mol. The molecular weight excluding hydrogens is 280 g/mol. The van der Waals surface area contributed by atoms with E-state index < -0.39 is 0 Å². The number of nitriles is 1. The van der Waals surface area contributed by atoms with E-state index in [9.17, 15) is 10.1 Å². The van der Waals surface area contributed by atoms with E-state index in [1.807, 2.05) is 19.1 Å². The highest BCUT2D eigenvalue weighted by molar-refractivity contribution is 6.02. The highest BCUT2D eigenvalue weighted by atomic mass is 16.7. The van der Waals surface area contributed by atoms with Crippen molar-refractivity contribution in [3.05, 3.63) is 28.8 Å². The van der Waals surface area contributed by atoms with Gasteiger partial charge in [0.2, 0.25) is 6.79 Å². The van der Waals surface area contributed by atoms with Gasteiger partial charge in [0.15, 0.2) is 11.5 Å². The smallest absolute Gasteiger partial charge is 0.262 e. The summed E-state index contributed by atoms with van der Waals surface area (Å²) in [5.41, 5.74) is 1.85. The SMILES string of the molecule is Cc1cc2c(cc1/C=C(/C#N)C(=O)NC1CCCC1)OCO2. The molecule has 114 valence electrons. The van der Waals surface area contributed by atoms with Gasteiger partial charge in [0.05, 0.1) is 0 Å². The summed E-state index contributed by atoms with van der Waals surface area (Å²) < 4.78 is 10.7. The van der Waals surface area contributed by atoms with Crippen molar-refractivity contribution in [3.8, 4) is 17.6 Å². The van der Waals surface area contributed by atoms with Crippen LogP contribution >= 0.6 is 0 Å². The van der Waals surface area contributed by atoms with Crippen molar-refractivity contribution < 1.29 is 14.3 Å². The highest BCUT2D eigenvalue weighted by Gasteiger charge is 2.20. The third-order valence-electron chi connectivity index (χ3n) is 4.12. The first-order valence-electron chi connectivity index (χ1n) is 7.50. The Labute approximate surface area is 129 Å². The first kappa shape index (κ1) is 14.5. The lowest BCUT2D eigenvalue weighted by atomic mass is 10.0. The average Bonchev–Trinajstić information content (AvgIpc) is 3.15. The number of rotatable bonds is 3. The van der Waals surface area contributed by atoms with Crippen LogP contribution in [-0.4, -0.2) is 18.7 Å². The van der Waals surface area contributed by atoms with Crippen molar-refractivity contribution >= 4 is 12.0 Å². The zero-order chi connectivity index (χ0) is 15.5. The van der Waals surface area contributed by atoms with Gasteiger partial charge in [-0.25, -0.2) is 0 Å². The molecule has 0 atom stereocenters. The second-order valence-electron chi connectivity index (χ2n) is 5.69. The summed E-state index contributed by atoms with van der Waals surface area (Å²) in [5, 5.41) is 12.2. The molecular formula is C17H18N2O3. The lowest BCUT2D eigenvalue weighted by Crippen LogP contribution is -2.33. The molecule has 22 heavy (non-hydrogen) atoms. The molecule has 1 aliphatic carbocycles. The predicted molar refractivity (Wildman–Crippen MR) is 81.3 cm³/mol. The molecule has 5 heteroatoms. The summed E-state index contributed by atoms with van der Waals surface area (Å²) in [7, 11) is 0. The zero-order valence-electron chi connectivity index (χ0n) is 12.5. The number of carbonyl (C=O) groups excluding carboxylic acids is 1. The standard InChI is InChI=1S/C17H18N2O3/c1-11-6-15-16(22-10-21-15)8-12(11)7-13(9-18)17(20)19-14-4-2-3-5-14/h6-8,14H,2-5,10H2,1H3,(H,19,20)/b13-7-. The van der Waals surface area contributed by atoms with Crippen LogP contribution in [0.15, 0.2) is 17.7 Å². The van der Waals surface area contributed by atoms with Crippen LogP contribution < -0.4 is 14.8 Å². The number of benzene rings is 1. The summed E-state index contributed by atoms with van der Waals surface area (Å²) >= 11 is 0. The number of fused-ring (bicyclic) bond motifs is 1. The first-order valence-corrected chi connectivity index (χ1v) is 7.50. The van der Waals surface area contributed by atoms with E-state index in [0.717, 1.165) is 36.8 Å². The summed E-state index contributed by atoms with van der Waals surface area (Å²) in [6.45, 7) is 2.12. The third-order valence-corrected chi connectivity index (χ3v) is 4.12. The number of nitrogens with zero attached hydrogens (tertiary/aromatic N) is 1. The molecule has 0 spiro atoms. The van der Waals surface area contributed by atoms with Crippen molar-refractivity contribution in [1.29, 1.82) is 5.26 Å². The Morgan fingerprint density at radius 2 is 2.00 bits per heavy atom. The van der Waals surface area contributed by atoms with Gasteiger partial charge in [0.25, 0.3) is 5.91 Å². The zero-order valence-corrected chi connectivity index (χ0v) is 12.5. The second-order valence-corrected chi connectivity index (χ2v) is 5.69. The highest BCUT2D eigenvalue weighted by Crippen LogP contribution is 2.35. The minimum atomic E-state index is -0.300. The molecule has 0 bridgehead atoms. The maximum Gasteiger partial charge on any atom is 0.262 e.